The van der Waals surface area contributed by atoms with E-state index in [2.05, 4.69) is 30.5 Å². The van der Waals surface area contributed by atoms with E-state index in [9.17, 15) is 9.90 Å². The predicted octanol–water partition coefficient (Wildman–Crippen LogP) is 3.14. The number of hydrogen-bond donors (Lipinski definition) is 1. The molecule has 1 saturated heterocycles. The molecular weight excluding hydrogens is 302 g/mol. The van der Waals surface area contributed by atoms with Crippen LogP contribution in [0.3, 0.4) is 0 Å². The summed E-state index contributed by atoms with van der Waals surface area (Å²) < 4.78 is 5.32. The van der Waals surface area contributed by atoms with E-state index in [0.29, 0.717) is 6.61 Å². The van der Waals surface area contributed by atoms with Crippen molar-refractivity contribution >= 4 is 5.97 Å². The number of carbonyl (C=O) groups excluding carboxylic acids is 1. The molecule has 3 rings (SSSR count). The van der Waals surface area contributed by atoms with Crippen LogP contribution in [0.25, 0.3) is 0 Å². The van der Waals surface area contributed by atoms with E-state index in [1.54, 1.807) is 0 Å². The molecule has 0 aromatic heterocycles. The highest BCUT2D eigenvalue weighted by molar-refractivity contribution is 5.77. The van der Waals surface area contributed by atoms with Crippen LogP contribution in [-0.4, -0.2) is 35.7 Å². The smallest absolute Gasteiger partial charge is 0.315 e. The molecular formula is C20H27NO3. The Morgan fingerprint density at radius 2 is 2.08 bits per heavy atom. The molecule has 0 spiro atoms. The Morgan fingerprint density at radius 3 is 2.62 bits per heavy atom. The maximum absolute atomic E-state index is 12.6. The second kappa shape index (κ2) is 6.60. The maximum atomic E-state index is 12.6. The molecule has 130 valence electrons. The number of nitrogens with zero attached hydrogens (tertiary/aromatic N) is 1. The zero-order valence-corrected chi connectivity index (χ0v) is 14.6. The summed E-state index contributed by atoms with van der Waals surface area (Å²) in [5, 5.41) is 9.87. The number of rotatable bonds is 6. The van der Waals surface area contributed by atoms with E-state index in [0.717, 1.165) is 25.1 Å². The Morgan fingerprint density at radius 1 is 1.42 bits per heavy atom. The van der Waals surface area contributed by atoms with E-state index >= 15 is 0 Å². The Kier molecular flexibility index (Phi) is 4.68. The quantitative estimate of drug-likeness (QED) is 0.815. The van der Waals surface area contributed by atoms with Gasteiger partial charge in [0, 0.05) is 24.8 Å². The third-order valence-corrected chi connectivity index (χ3v) is 5.81. The molecule has 0 amide bonds. The minimum atomic E-state index is -0.342. The topological polar surface area (TPSA) is 49.8 Å². The third-order valence-electron chi connectivity index (χ3n) is 5.81. The Balaban J connectivity index is 1.87. The molecule has 1 aliphatic carbocycles. The normalized spacial score (nSPS) is 26.3. The van der Waals surface area contributed by atoms with Gasteiger partial charge >= 0.3 is 5.97 Å². The molecule has 1 saturated carbocycles. The number of carbonyl (C=O) groups is 1. The highest BCUT2D eigenvalue weighted by Crippen LogP contribution is 2.58. The minimum absolute atomic E-state index is 0.0835. The lowest BCUT2D eigenvalue weighted by Gasteiger charge is -2.29. The summed E-state index contributed by atoms with van der Waals surface area (Å²) in [6, 6.07) is 10.4. The van der Waals surface area contributed by atoms with Crippen molar-refractivity contribution in [1.82, 2.24) is 4.90 Å². The van der Waals surface area contributed by atoms with Gasteiger partial charge in [-0.3, -0.25) is 4.79 Å². The van der Waals surface area contributed by atoms with Crippen molar-refractivity contribution < 1.29 is 14.6 Å². The highest BCUT2D eigenvalue weighted by Gasteiger charge is 2.58. The van der Waals surface area contributed by atoms with Gasteiger partial charge in [0.2, 0.25) is 0 Å². The summed E-state index contributed by atoms with van der Waals surface area (Å²) in [7, 11) is 0. The molecule has 4 nitrogen and oxygen atoms in total. The fourth-order valence-electron chi connectivity index (χ4n) is 4.05. The summed E-state index contributed by atoms with van der Waals surface area (Å²) in [5.41, 5.74) is 1.90. The van der Waals surface area contributed by atoms with Crippen molar-refractivity contribution in [2.24, 2.45) is 17.3 Å². The Hall–Kier alpha value is -1.81. The first-order chi connectivity index (χ1) is 11.5. The fraction of sp³-hybridized carbons (Fsp3) is 0.550. The average molecular weight is 329 g/mol. The largest absolute Gasteiger partial charge is 0.465 e. The van der Waals surface area contributed by atoms with Gasteiger partial charge in [0.1, 0.15) is 5.92 Å². The van der Waals surface area contributed by atoms with Gasteiger partial charge in [-0.15, -0.1) is 0 Å². The number of ether oxygens (including phenoxy) is 1. The first-order valence-corrected chi connectivity index (χ1v) is 8.82. The van der Waals surface area contributed by atoms with E-state index in [-0.39, 0.29) is 35.9 Å². The summed E-state index contributed by atoms with van der Waals surface area (Å²) in [5.74, 6) is -0.457. The molecule has 0 bridgehead atoms. The molecule has 1 unspecified atom stereocenters. The molecule has 1 aliphatic heterocycles. The van der Waals surface area contributed by atoms with Crippen LogP contribution in [0.5, 0.6) is 0 Å². The number of benzene rings is 1. The lowest BCUT2D eigenvalue weighted by Crippen LogP contribution is -2.32. The summed E-state index contributed by atoms with van der Waals surface area (Å²) in [4.78, 5) is 14.8. The van der Waals surface area contributed by atoms with Gasteiger partial charge in [0.25, 0.3) is 0 Å². The first kappa shape index (κ1) is 17.0. The van der Waals surface area contributed by atoms with E-state index in [1.807, 2.05) is 25.1 Å². The Labute approximate surface area is 144 Å². The number of aliphatic hydroxyl groups is 1. The van der Waals surface area contributed by atoms with Crippen molar-refractivity contribution in [2.45, 2.75) is 32.7 Å². The van der Waals surface area contributed by atoms with Crippen LogP contribution < -0.4 is 0 Å². The zero-order valence-electron chi connectivity index (χ0n) is 14.6. The molecule has 2 fully saturated rings. The molecule has 1 aromatic rings. The average Bonchev–Trinajstić information content (AvgIpc) is 3.32. The number of likely N-dealkylation sites (tertiary alicyclic amines) is 1. The van der Waals surface area contributed by atoms with Crippen LogP contribution >= 0.6 is 0 Å². The van der Waals surface area contributed by atoms with Crippen molar-refractivity contribution in [3.8, 4) is 0 Å². The highest BCUT2D eigenvalue weighted by atomic mass is 16.5. The van der Waals surface area contributed by atoms with Gasteiger partial charge in [0.05, 0.1) is 12.6 Å². The number of aliphatic hydroxyl groups excluding tert-OH is 1. The molecule has 1 aromatic carbocycles. The van der Waals surface area contributed by atoms with Gasteiger partial charge in [0.15, 0.2) is 0 Å². The SMILES string of the molecule is C=C1C(C(=O)OCC)[C@H](C2(CO)CC2)CN1[C@@H](C)c1ccccc1. The van der Waals surface area contributed by atoms with Crippen LogP contribution in [-0.2, 0) is 9.53 Å². The molecule has 0 radical (unpaired) electrons. The molecule has 3 atom stereocenters. The van der Waals surface area contributed by atoms with Crippen molar-refractivity contribution in [3.05, 3.63) is 48.2 Å². The summed E-state index contributed by atoms with van der Waals surface area (Å²) >= 11 is 0. The molecule has 2 aliphatic rings. The second-order valence-electron chi connectivity index (χ2n) is 7.09. The third kappa shape index (κ3) is 2.84. The maximum Gasteiger partial charge on any atom is 0.315 e. The molecule has 1 N–H and O–H groups in total. The van der Waals surface area contributed by atoms with Gasteiger partial charge in [-0.05, 0) is 37.7 Å². The van der Waals surface area contributed by atoms with Crippen LogP contribution in [0.1, 0.15) is 38.3 Å². The minimum Gasteiger partial charge on any atom is -0.465 e. The predicted molar refractivity (Wildman–Crippen MR) is 93.1 cm³/mol. The monoisotopic (exact) mass is 329 g/mol. The molecule has 24 heavy (non-hydrogen) atoms. The number of hydrogen-bond acceptors (Lipinski definition) is 4. The van der Waals surface area contributed by atoms with Crippen molar-refractivity contribution in [1.29, 1.82) is 0 Å². The van der Waals surface area contributed by atoms with E-state index in [1.165, 1.54) is 5.56 Å². The van der Waals surface area contributed by atoms with Crippen LogP contribution in [0.2, 0.25) is 0 Å². The lowest BCUT2D eigenvalue weighted by molar-refractivity contribution is -0.148. The van der Waals surface area contributed by atoms with Gasteiger partial charge < -0.3 is 14.7 Å². The Bertz CT molecular complexity index is 609. The number of esters is 1. The summed E-state index contributed by atoms with van der Waals surface area (Å²) in [6.07, 6.45) is 1.95. The van der Waals surface area contributed by atoms with Crippen molar-refractivity contribution in [3.63, 3.8) is 0 Å². The van der Waals surface area contributed by atoms with Gasteiger partial charge in [-0.2, -0.15) is 0 Å². The van der Waals surface area contributed by atoms with E-state index in [4.69, 9.17) is 4.74 Å². The second-order valence-corrected chi connectivity index (χ2v) is 7.09. The van der Waals surface area contributed by atoms with Crippen LogP contribution in [0.4, 0.5) is 0 Å². The van der Waals surface area contributed by atoms with Crippen LogP contribution in [0.15, 0.2) is 42.6 Å². The lowest BCUT2D eigenvalue weighted by atomic mass is 9.80. The fourth-order valence-corrected chi connectivity index (χ4v) is 4.05. The van der Waals surface area contributed by atoms with Gasteiger partial charge in [-0.1, -0.05) is 36.9 Å². The van der Waals surface area contributed by atoms with Crippen LogP contribution in [0, 0.1) is 17.3 Å². The zero-order chi connectivity index (χ0) is 17.3. The summed E-state index contributed by atoms with van der Waals surface area (Å²) in [6.45, 7) is 9.46. The van der Waals surface area contributed by atoms with Crippen molar-refractivity contribution in [2.75, 3.05) is 19.8 Å². The standard InChI is InChI=1S/C20H27NO3/c1-4-24-19(23)18-15(3)21(12-17(18)20(13-22)10-11-20)14(2)16-8-6-5-7-9-16/h5-9,14,17-18,22H,3-4,10-13H2,1-2H3/t14-,17+,18?/m0/s1. The first-order valence-electron chi connectivity index (χ1n) is 8.82. The van der Waals surface area contributed by atoms with Gasteiger partial charge in [-0.25, -0.2) is 0 Å². The molecule has 4 heteroatoms. The molecule has 1 heterocycles. The van der Waals surface area contributed by atoms with E-state index < -0.39 is 0 Å².